The number of nitrogens with one attached hydrogen (secondary N) is 1. The van der Waals surface area contributed by atoms with Crippen LogP contribution in [-0.4, -0.2) is 42.0 Å². The van der Waals surface area contributed by atoms with Crippen molar-refractivity contribution < 1.29 is 9.53 Å². The van der Waals surface area contributed by atoms with E-state index in [-0.39, 0.29) is 5.91 Å². The molecule has 1 atom stereocenters. The molecule has 32 heavy (non-hydrogen) atoms. The van der Waals surface area contributed by atoms with Gasteiger partial charge in [-0.05, 0) is 38.8 Å². The smallest absolute Gasteiger partial charge is 0.261 e. The molecule has 9 heteroatoms. The molecule has 0 unspecified atom stereocenters. The van der Waals surface area contributed by atoms with E-state index in [1.165, 1.54) is 0 Å². The molecule has 0 radical (unpaired) electrons. The lowest BCUT2D eigenvalue weighted by Gasteiger charge is -2.20. The number of hydrogen-bond donors (Lipinski definition) is 1. The Bertz CT molecular complexity index is 1370. The van der Waals surface area contributed by atoms with Crippen molar-refractivity contribution in [3.63, 3.8) is 0 Å². The molecule has 160 valence electrons. The lowest BCUT2D eigenvalue weighted by Crippen LogP contribution is -2.33. The Hall–Kier alpha value is -3.72. The van der Waals surface area contributed by atoms with Gasteiger partial charge in [0.05, 0.1) is 5.56 Å². The summed E-state index contributed by atoms with van der Waals surface area (Å²) in [6.45, 7) is 5.17. The van der Waals surface area contributed by atoms with Crippen LogP contribution < -0.4 is 5.32 Å². The quantitative estimate of drug-likeness (QED) is 0.535. The van der Waals surface area contributed by atoms with Gasteiger partial charge >= 0.3 is 0 Å². The summed E-state index contributed by atoms with van der Waals surface area (Å²) in [5, 5.41) is 2.96. The summed E-state index contributed by atoms with van der Waals surface area (Å²) in [7, 11) is 0. The van der Waals surface area contributed by atoms with E-state index in [0.717, 1.165) is 40.3 Å². The molecule has 2 aliphatic heterocycles. The van der Waals surface area contributed by atoms with Crippen LogP contribution in [0, 0.1) is 6.92 Å². The van der Waals surface area contributed by atoms with Crippen molar-refractivity contribution in [3.05, 3.63) is 48.3 Å². The summed E-state index contributed by atoms with van der Waals surface area (Å²) in [6, 6.07) is 5.87. The number of anilines is 1. The van der Waals surface area contributed by atoms with Gasteiger partial charge in [-0.25, -0.2) is 24.9 Å². The molecule has 1 N–H and O–H groups in total. The Morgan fingerprint density at radius 1 is 1.16 bits per heavy atom. The molecule has 0 bridgehead atoms. The zero-order chi connectivity index (χ0) is 21.9. The molecule has 1 amide bonds. The fraction of sp³-hybridized carbons (Fsp3) is 0.304. The second-order valence-electron chi connectivity index (χ2n) is 8.09. The number of benzene rings is 1. The molecule has 1 aromatic carbocycles. The van der Waals surface area contributed by atoms with Gasteiger partial charge in [0.2, 0.25) is 0 Å². The van der Waals surface area contributed by atoms with Gasteiger partial charge in [-0.1, -0.05) is 6.07 Å². The minimum absolute atomic E-state index is 0.0908. The first-order chi connectivity index (χ1) is 15.6. The molecular formula is C23H21N7O2. The standard InChI is InChI=1S/C23H21N7O2/c1-3-30-20(15-10-24-13(2)25-11-15)29-19-18(26-12-27-21(19)30)14-5-6-17-16(9-14)23(22(31)28-17)7-4-8-32-23/h5-6,9-12H,3-4,7-8H2,1-2H3,(H,28,31)/t23-/m0/s1. The maximum absolute atomic E-state index is 12.7. The SMILES string of the molecule is CCn1c(-c2cnc(C)nc2)nc2c(-c3ccc4c(c3)[C@@]3(CCCO3)C(=O)N4)ncnc21. The van der Waals surface area contributed by atoms with E-state index in [1.54, 1.807) is 18.7 Å². The number of hydrogen-bond acceptors (Lipinski definition) is 7. The van der Waals surface area contributed by atoms with Crippen molar-refractivity contribution in [1.29, 1.82) is 0 Å². The number of carbonyl (C=O) groups excluding carboxylic acids is 1. The van der Waals surface area contributed by atoms with Gasteiger partial charge < -0.3 is 14.6 Å². The number of imidazole rings is 1. The van der Waals surface area contributed by atoms with Crippen molar-refractivity contribution in [2.45, 2.75) is 38.8 Å². The number of carbonyl (C=O) groups is 1. The van der Waals surface area contributed by atoms with E-state index in [9.17, 15) is 4.79 Å². The van der Waals surface area contributed by atoms with Gasteiger partial charge in [-0.2, -0.15) is 0 Å². The first-order valence-corrected chi connectivity index (χ1v) is 10.7. The number of aryl methyl sites for hydroxylation is 2. The first kappa shape index (κ1) is 19.0. The molecule has 9 nitrogen and oxygen atoms in total. The summed E-state index contributed by atoms with van der Waals surface area (Å²) in [5.41, 5.74) is 4.61. The second-order valence-corrected chi connectivity index (χ2v) is 8.09. The molecule has 1 spiro atoms. The normalized spacial score (nSPS) is 19.6. The minimum atomic E-state index is -0.898. The molecule has 0 saturated carbocycles. The van der Waals surface area contributed by atoms with Crippen LogP contribution in [0.2, 0.25) is 0 Å². The number of nitrogens with zero attached hydrogens (tertiary/aromatic N) is 6. The first-order valence-electron chi connectivity index (χ1n) is 10.7. The minimum Gasteiger partial charge on any atom is -0.360 e. The fourth-order valence-corrected chi connectivity index (χ4v) is 4.69. The molecule has 6 rings (SSSR count). The van der Waals surface area contributed by atoms with Crippen LogP contribution in [0.25, 0.3) is 33.8 Å². The van der Waals surface area contributed by atoms with Gasteiger partial charge in [0.15, 0.2) is 11.2 Å². The Kier molecular flexibility index (Phi) is 4.09. The highest BCUT2D eigenvalue weighted by atomic mass is 16.5. The van der Waals surface area contributed by atoms with E-state index in [1.807, 2.05) is 29.7 Å². The third-order valence-electron chi connectivity index (χ3n) is 6.25. The number of aromatic nitrogens is 6. The lowest BCUT2D eigenvalue weighted by molar-refractivity contribution is -0.135. The van der Waals surface area contributed by atoms with Gasteiger partial charge in [0.1, 0.15) is 29.2 Å². The van der Waals surface area contributed by atoms with Crippen LogP contribution in [0.5, 0.6) is 0 Å². The summed E-state index contributed by atoms with van der Waals surface area (Å²) >= 11 is 0. The lowest BCUT2D eigenvalue weighted by atomic mass is 9.90. The molecule has 5 heterocycles. The van der Waals surface area contributed by atoms with Crippen LogP contribution in [0.1, 0.15) is 31.2 Å². The van der Waals surface area contributed by atoms with Crippen molar-refractivity contribution in [3.8, 4) is 22.6 Å². The van der Waals surface area contributed by atoms with Crippen molar-refractivity contribution >= 4 is 22.8 Å². The van der Waals surface area contributed by atoms with Gasteiger partial charge in [-0.15, -0.1) is 0 Å². The predicted molar refractivity (Wildman–Crippen MR) is 118 cm³/mol. The highest BCUT2D eigenvalue weighted by Crippen LogP contribution is 2.46. The zero-order valence-corrected chi connectivity index (χ0v) is 17.8. The highest BCUT2D eigenvalue weighted by molar-refractivity contribution is 6.06. The molecule has 1 fully saturated rings. The summed E-state index contributed by atoms with van der Waals surface area (Å²) < 4.78 is 7.98. The van der Waals surface area contributed by atoms with Crippen LogP contribution in [0.3, 0.4) is 0 Å². The van der Waals surface area contributed by atoms with E-state index in [2.05, 4.69) is 32.2 Å². The maximum atomic E-state index is 12.7. The fourth-order valence-electron chi connectivity index (χ4n) is 4.69. The van der Waals surface area contributed by atoms with E-state index in [4.69, 9.17) is 9.72 Å². The van der Waals surface area contributed by atoms with Gasteiger partial charge in [0.25, 0.3) is 5.91 Å². The Morgan fingerprint density at radius 3 is 2.75 bits per heavy atom. The van der Waals surface area contributed by atoms with E-state index < -0.39 is 5.60 Å². The third kappa shape index (κ3) is 2.61. The third-order valence-corrected chi connectivity index (χ3v) is 6.25. The zero-order valence-electron chi connectivity index (χ0n) is 17.8. The number of rotatable bonds is 3. The summed E-state index contributed by atoms with van der Waals surface area (Å²) in [6.07, 6.45) is 6.64. The average Bonchev–Trinajstić information content (AvgIpc) is 3.51. The molecule has 2 aliphatic rings. The molecular weight excluding hydrogens is 406 g/mol. The topological polar surface area (TPSA) is 108 Å². The van der Waals surface area contributed by atoms with Crippen molar-refractivity contribution in [1.82, 2.24) is 29.5 Å². The van der Waals surface area contributed by atoms with Crippen LogP contribution in [0.4, 0.5) is 5.69 Å². The summed E-state index contributed by atoms with van der Waals surface area (Å²) in [5.74, 6) is 1.36. The number of fused-ring (bicyclic) bond motifs is 3. The monoisotopic (exact) mass is 427 g/mol. The molecule has 0 aliphatic carbocycles. The average molecular weight is 427 g/mol. The molecule has 1 saturated heterocycles. The number of amides is 1. The maximum Gasteiger partial charge on any atom is 0.261 e. The molecule has 4 aromatic rings. The van der Waals surface area contributed by atoms with Crippen LogP contribution in [-0.2, 0) is 21.7 Å². The summed E-state index contributed by atoms with van der Waals surface area (Å²) in [4.78, 5) is 35.3. The Morgan fingerprint density at radius 2 is 2.00 bits per heavy atom. The van der Waals surface area contributed by atoms with Crippen molar-refractivity contribution in [2.75, 3.05) is 11.9 Å². The van der Waals surface area contributed by atoms with Crippen LogP contribution in [0.15, 0.2) is 36.9 Å². The predicted octanol–water partition coefficient (Wildman–Crippen LogP) is 3.24. The largest absolute Gasteiger partial charge is 0.360 e. The van der Waals surface area contributed by atoms with Gasteiger partial charge in [0, 0.05) is 42.4 Å². The van der Waals surface area contributed by atoms with Gasteiger partial charge in [-0.3, -0.25) is 4.79 Å². The number of ether oxygens (including phenoxy) is 1. The molecule has 3 aromatic heterocycles. The Labute approximate surface area is 183 Å². The van der Waals surface area contributed by atoms with Crippen LogP contribution >= 0.6 is 0 Å². The Balaban J connectivity index is 1.53. The highest BCUT2D eigenvalue weighted by Gasteiger charge is 2.50. The van der Waals surface area contributed by atoms with E-state index in [0.29, 0.717) is 36.6 Å². The van der Waals surface area contributed by atoms with E-state index >= 15 is 0 Å². The second kappa shape index (κ2) is 6.89. The van der Waals surface area contributed by atoms with Crippen molar-refractivity contribution in [2.24, 2.45) is 0 Å².